The van der Waals surface area contributed by atoms with Crippen LogP contribution in [0, 0.1) is 0 Å². The lowest BCUT2D eigenvalue weighted by Crippen LogP contribution is -2.22. The molecule has 2 nitrogen and oxygen atoms in total. The van der Waals surface area contributed by atoms with Crippen LogP contribution in [0.25, 0.3) is 82.8 Å². The summed E-state index contributed by atoms with van der Waals surface area (Å²) in [6.45, 7) is 2.40. The smallest absolute Gasteiger partial charge is 0.0547 e. The lowest BCUT2D eigenvalue weighted by molar-refractivity contribution is 0.445. The maximum atomic E-state index is 2.50. The molecule has 0 radical (unpaired) electrons. The Morgan fingerprint density at radius 3 is 1.88 bits per heavy atom. The summed E-state index contributed by atoms with van der Waals surface area (Å²) in [5.41, 5.74) is 22.1. The summed E-state index contributed by atoms with van der Waals surface area (Å²) in [6, 6.07) is 95.1. The van der Waals surface area contributed by atoms with Gasteiger partial charge in [0.2, 0.25) is 0 Å². The molecule has 2 heteroatoms. The Hall–Kier alpha value is -8.72. The van der Waals surface area contributed by atoms with Gasteiger partial charge in [-0.25, -0.2) is 0 Å². The molecular formula is C72H56N2. The SMILES string of the molecule is CC1(c2ccccc2)c2ccccc2-c2ccc(-c3ccc(N(c4cccc(-c5cccc6c5c5ccccc5n6-c5ccccc5)c4)c4ccccc4-c4cccc5cccc(C6CCCCC6)c45)cc3)cc21. The average molecular weight is 949 g/mol. The van der Waals surface area contributed by atoms with Crippen LogP contribution in [0.5, 0.6) is 0 Å². The fourth-order valence-corrected chi connectivity index (χ4v) is 13.2. The average Bonchev–Trinajstić information content (AvgIpc) is 3.98. The number of anilines is 3. The lowest BCUT2D eigenvalue weighted by Gasteiger charge is -2.30. The van der Waals surface area contributed by atoms with Crippen LogP contribution in [0.15, 0.2) is 255 Å². The monoisotopic (exact) mass is 948 g/mol. The lowest BCUT2D eigenvalue weighted by atomic mass is 9.74. The summed E-state index contributed by atoms with van der Waals surface area (Å²) in [6.07, 6.45) is 6.43. The van der Waals surface area contributed by atoms with Crippen molar-refractivity contribution < 1.29 is 0 Å². The fourth-order valence-electron chi connectivity index (χ4n) is 13.2. The second kappa shape index (κ2) is 18.1. The van der Waals surface area contributed by atoms with Crippen molar-refractivity contribution in [1.82, 2.24) is 4.57 Å². The van der Waals surface area contributed by atoms with Crippen molar-refractivity contribution in [2.24, 2.45) is 0 Å². The van der Waals surface area contributed by atoms with Gasteiger partial charge >= 0.3 is 0 Å². The number of hydrogen-bond donors (Lipinski definition) is 0. The number of nitrogens with zero attached hydrogens (tertiary/aromatic N) is 2. The Bertz CT molecular complexity index is 4060. The molecule has 1 aromatic heterocycles. The zero-order chi connectivity index (χ0) is 49.2. The molecule has 11 aromatic carbocycles. The summed E-state index contributed by atoms with van der Waals surface area (Å²) >= 11 is 0. The molecule has 2 aliphatic carbocycles. The molecule has 1 unspecified atom stereocenters. The van der Waals surface area contributed by atoms with Crippen molar-refractivity contribution in [3.63, 3.8) is 0 Å². The molecule has 0 saturated heterocycles. The standard InChI is InChI=1S/C72H56N2/c1-72(54-26-7-3-8-27-54)65-37-14-11-31-60(65)61-46-43-52(48-66(61)72)49-41-44-56(45-42-49)73(67-38-15-12-32-62(67)63-36-19-24-51-23-18-34-58(70(51)63)50-21-5-2-6-22-50)57-30-17-25-53(47-57)59-35-20-40-69-71(59)64-33-13-16-39-68(64)74(69)55-28-9-4-10-29-55/h3-4,7-20,23-48,50H,2,5-6,21-22H2,1H3. The van der Waals surface area contributed by atoms with E-state index in [1.165, 1.54) is 131 Å². The van der Waals surface area contributed by atoms with Crippen LogP contribution in [0.1, 0.15) is 67.2 Å². The van der Waals surface area contributed by atoms with Gasteiger partial charge in [-0.1, -0.05) is 213 Å². The van der Waals surface area contributed by atoms with Gasteiger partial charge in [-0.15, -0.1) is 0 Å². The van der Waals surface area contributed by atoms with E-state index in [4.69, 9.17) is 0 Å². The Labute approximate surface area is 434 Å². The second-order valence-corrected chi connectivity index (χ2v) is 20.7. The Balaban J connectivity index is 0.941. The summed E-state index contributed by atoms with van der Waals surface area (Å²) in [7, 11) is 0. The molecule has 354 valence electrons. The third-order valence-corrected chi connectivity index (χ3v) is 16.7. The van der Waals surface area contributed by atoms with E-state index in [0.29, 0.717) is 5.92 Å². The molecule has 0 bridgehead atoms. The quantitative estimate of drug-likeness (QED) is 0.140. The van der Waals surface area contributed by atoms with Gasteiger partial charge in [-0.2, -0.15) is 0 Å². The van der Waals surface area contributed by atoms with E-state index in [0.717, 1.165) is 22.7 Å². The van der Waals surface area contributed by atoms with Gasteiger partial charge < -0.3 is 9.47 Å². The minimum absolute atomic E-state index is 0.270. The molecule has 2 aliphatic rings. The molecule has 1 saturated carbocycles. The molecule has 0 amide bonds. The fraction of sp³-hybridized carbons (Fsp3) is 0.111. The highest BCUT2D eigenvalue weighted by Crippen LogP contribution is 2.54. The highest BCUT2D eigenvalue weighted by atomic mass is 15.1. The molecular weight excluding hydrogens is 893 g/mol. The van der Waals surface area contributed by atoms with Crippen LogP contribution in [0.2, 0.25) is 0 Å². The Morgan fingerprint density at radius 2 is 1.04 bits per heavy atom. The second-order valence-electron chi connectivity index (χ2n) is 20.7. The van der Waals surface area contributed by atoms with Crippen LogP contribution in [-0.4, -0.2) is 4.57 Å². The van der Waals surface area contributed by atoms with Crippen LogP contribution in [-0.2, 0) is 5.41 Å². The molecule has 14 rings (SSSR count). The van der Waals surface area contributed by atoms with E-state index >= 15 is 0 Å². The number of aromatic nitrogens is 1. The first-order valence-corrected chi connectivity index (χ1v) is 26.6. The minimum atomic E-state index is -0.270. The van der Waals surface area contributed by atoms with E-state index in [-0.39, 0.29) is 5.41 Å². The van der Waals surface area contributed by atoms with Crippen LogP contribution < -0.4 is 4.90 Å². The maximum absolute atomic E-state index is 2.50. The number of fused-ring (bicyclic) bond motifs is 7. The van der Waals surface area contributed by atoms with E-state index in [1.807, 2.05) is 0 Å². The molecule has 0 aliphatic heterocycles. The van der Waals surface area contributed by atoms with Crippen LogP contribution >= 0.6 is 0 Å². The van der Waals surface area contributed by atoms with E-state index < -0.39 is 0 Å². The van der Waals surface area contributed by atoms with Crippen LogP contribution in [0.4, 0.5) is 17.1 Å². The van der Waals surface area contributed by atoms with E-state index in [2.05, 4.69) is 271 Å². The highest BCUT2D eigenvalue weighted by Gasteiger charge is 2.40. The van der Waals surface area contributed by atoms with Gasteiger partial charge in [-0.3, -0.25) is 0 Å². The maximum Gasteiger partial charge on any atom is 0.0547 e. The summed E-state index contributed by atoms with van der Waals surface area (Å²) in [4.78, 5) is 2.50. The molecule has 74 heavy (non-hydrogen) atoms. The topological polar surface area (TPSA) is 8.17 Å². The normalized spacial score (nSPS) is 15.4. The van der Waals surface area contributed by atoms with Crippen molar-refractivity contribution in [2.75, 3.05) is 4.90 Å². The van der Waals surface area contributed by atoms with Gasteiger partial charge in [0.25, 0.3) is 0 Å². The van der Waals surface area contributed by atoms with Gasteiger partial charge in [-0.05, 0) is 158 Å². The van der Waals surface area contributed by atoms with Gasteiger partial charge in [0.05, 0.1) is 16.7 Å². The summed E-state index contributed by atoms with van der Waals surface area (Å²) < 4.78 is 2.41. The number of hydrogen-bond acceptors (Lipinski definition) is 1. The summed E-state index contributed by atoms with van der Waals surface area (Å²) in [5, 5.41) is 5.20. The molecule has 0 spiro atoms. The van der Waals surface area contributed by atoms with Crippen molar-refractivity contribution in [2.45, 2.75) is 50.4 Å². The molecule has 1 fully saturated rings. The minimum Gasteiger partial charge on any atom is -0.310 e. The van der Waals surface area contributed by atoms with Gasteiger partial charge in [0, 0.05) is 38.8 Å². The van der Waals surface area contributed by atoms with E-state index in [1.54, 1.807) is 0 Å². The number of rotatable bonds is 9. The molecule has 0 N–H and O–H groups in total. The van der Waals surface area contributed by atoms with Crippen molar-refractivity contribution in [3.8, 4) is 50.2 Å². The first-order chi connectivity index (χ1) is 36.6. The predicted octanol–water partition coefficient (Wildman–Crippen LogP) is 19.8. The number of benzene rings is 11. The highest BCUT2D eigenvalue weighted by molar-refractivity contribution is 6.16. The third kappa shape index (κ3) is 7.15. The molecule has 12 aromatic rings. The Kier molecular flexibility index (Phi) is 10.8. The summed E-state index contributed by atoms with van der Waals surface area (Å²) in [5.74, 6) is 0.565. The largest absolute Gasteiger partial charge is 0.310 e. The predicted molar refractivity (Wildman–Crippen MR) is 313 cm³/mol. The molecule has 1 heterocycles. The van der Waals surface area contributed by atoms with Crippen molar-refractivity contribution in [1.29, 1.82) is 0 Å². The Morgan fingerprint density at radius 1 is 0.405 bits per heavy atom. The van der Waals surface area contributed by atoms with E-state index in [9.17, 15) is 0 Å². The third-order valence-electron chi connectivity index (χ3n) is 16.7. The van der Waals surface area contributed by atoms with Gasteiger partial charge in [0.1, 0.15) is 0 Å². The van der Waals surface area contributed by atoms with Gasteiger partial charge in [0.15, 0.2) is 0 Å². The zero-order valence-corrected chi connectivity index (χ0v) is 41.8. The zero-order valence-electron chi connectivity index (χ0n) is 41.8. The first kappa shape index (κ1) is 44.0. The van der Waals surface area contributed by atoms with Crippen LogP contribution in [0.3, 0.4) is 0 Å². The molecule has 1 atom stereocenters. The first-order valence-electron chi connectivity index (χ1n) is 26.6. The van der Waals surface area contributed by atoms with Crippen molar-refractivity contribution >= 4 is 49.6 Å². The number of para-hydroxylation sites is 3. The van der Waals surface area contributed by atoms with Crippen molar-refractivity contribution in [3.05, 3.63) is 277 Å².